The Hall–Kier alpha value is -0.550. The molecule has 5 heteroatoms. The molecule has 0 fully saturated rings. The van der Waals surface area contributed by atoms with Crippen LogP contribution in [0.2, 0.25) is 0 Å². The van der Waals surface area contributed by atoms with Gasteiger partial charge in [-0.05, 0) is 26.3 Å². The molecule has 0 bridgehead atoms. The summed E-state index contributed by atoms with van der Waals surface area (Å²) in [5.74, 6) is 0. The molecule has 1 rings (SSSR count). The molecule has 4 nitrogen and oxygen atoms in total. The average molecular weight is 242 g/mol. The van der Waals surface area contributed by atoms with Crippen LogP contribution in [0.3, 0.4) is 0 Å². The highest BCUT2D eigenvalue weighted by molar-refractivity contribution is 7.99. The molecular weight excluding hydrogens is 220 g/mol. The summed E-state index contributed by atoms with van der Waals surface area (Å²) in [5, 5.41) is 13.0. The molecule has 2 unspecified atom stereocenters. The molecule has 0 aliphatic rings. The van der Waals surface area contributed by atoms with Gasteiger partial charge in [-0.3, -0.25) is 0 Å². The Morgan fingerprint density at radius 1 is 1.50 bits per heavy atom. The van der Waals surface area contributed by atoms with Gasteiger partial charge in [-0.15, -0.1) is 10.2 Å². The number of aromatic nitrogens is 3. The lowest BCUT2D eigenvalue weighted by atomic mass is 10.2. The Labute approximate surface area is 102 Å². The zero-order valence-corrected chi connectivity index (χ0v) is 11.4. The molecule has 0 amide bonds. The minimum atomic E-state index is 0.558. The minimum absolute atomic E-state index is 0.558. The van der Waals surface area contributed by atoms with Gasteiger partial charge in [0, 0.05) is 18.3 Å². The number of thioether (sulfide) groups is 1. The third-order valence-corrected chi connectivity index (χ3v) is 3.58. The molecule has 2 atom stereocenters. The Kier molecular flexibility index (Phi) is 5.84. The first-order valence-corrected chi connectivity index (χ1v) is 6.75. The first-order chi connectivity index (χ1) is 7.63. The number of nitrogens with one attached hydrogen (secondary N) is 1. The van der Waals surface area contributed by atoms with Crippen LogP contribution in [0.4, 0.5) is 0 Å². The van der Waals surface area contributed by atoms with Crippen LogP contribution in [0.25, 0.3) is 0 Å². The molecule has 1 aromatic rings. The fraction of sp³-hybridized carbons (Fsp3) is 0.818. The molecule has 0 aliphatic heterocycles. The fourth-order valence-electron chi connectivity index (χ4n) is 1.58. The fourth-order valence-corrected chi connectivity index (χ4v) is 2.63. The topological polar surface area (TPSA) is 42.7 Å². The van der Waals surface area contributed by atoms with Crippen LogP contribution in [0.15, 0.2) is 11.5 Å². The van der Waals surface area contributed by atoms with Gasteiger partial charge in [-0.25, -0.2) is 0 Å². The van der Waals surface area contributed by atoms with Crippen LogP contribution in [0, 0.1) is 0 Å². The molecule has 0 saturated heterocycles. The first kappa shape index (κ1) is 13.5. The highest BCUT2D eigenvalue weighted by Crippen LogP contribution is 2.23. The Balaban J connectivity index is 2.30. The van der Waals surface area contributed by atoms with Crippen molar-refractivity contribution < 1.29 is 0 Å². The second-order valence-electron chi connectivity index (χ2n) is 4.24. The van der Waals surface area contributed by atoms with Crippen LogP contribution < -0.4 is 5.32 Å². The number of nitrogens with zero attached hydrogens (tertiary/aromatic N) is 3. The summed E-state index contributed by atoms with van der Waals surface area (Å²) in [4.78, 5) is 0. The van der Waals surface area contributed by atoms with Gasteiger partial charge < -0.3 is 9.88 Å². The number of hydrogen-bond acceptors (Lipinski definition) is 4. The van der Waals surface area contributed by atoms with Gasteiger partial charge in [0.05, 0.1) is 0 Å². The highest BCUT2D eigenvalue weighted by Gasteiger charge is 2.12. The first-order valence-electron chi connectivity index (χ1n) is 5.87. The Morgan fingerprint density at radius 3 is 2.81 bits per heavy atom. The lowest BCUT2D eigenvalue weighted by Crippen LogP contribution is -2.29. The molecule has 1 N–H and O–H groups in total. The van der Waals surface area contributed by atoms with Gasteiger partial charge in [0.25, 0.3) is 0 Å². The van der Waals surface area contributed by atoms with Crippen LogP contribution in [0.1, 0.15) is 33.6 Å². The molecule has 0 spiro atoms. The maximum atomic E-state index is 4.08. The van der Waals surface area contributed by atoms with E-state index >= 15 is 0 Å². The van der Waals surface area contributed by atoms with E-state index in [0.717, 1.165) is 18.1 Å². The van der Waals surface area contributed by atoms with Crippen molar-refractivity contribution in [2.45, 2.75) is 50.1 Å². The standard InChI is InChI=1S/C11H22N4S/c1-5-6-12-9(2)7-10(3)16-11-14-13-8-15(11)4/h8-10,12H,5-7H2,1-4H3. The second-order valence-corrected chi connectivity index (χ2v) is 5.65. The van der Waals surface area contributed by atoms with Crippen molar-refractivity contribution in [3.8, 4) is 0 Å². The minimum Gasteiger partial charge on any atom is -0.314 e. The monoisotopic (exact) mass is 242 g/mol. The van der Waals surface area contributed by atoms with Crippen molar-refractivity contribution in [2.75, 3.05) is 6.54 Å². The Morgan fingerprint density at radius 2 is 2.25 bits per heavy atom. The number of hydrogen-bond donors (Lipinski definition) is 1. The molecule has 16 heavy (non-hydrogen) atoms. The van der Waals surface area contributed by atoms with Gasteiger partial charge >= 0.3 is 0 Å². The number of rotatable bonds is 7. The van der Waals surface area contributed by atoms with E-state index < -0.39 is 0 Å². The van der Waals surface area contributed by atoms with E-state index in [1.54, 1.807) is 18.1 Å². The van der Waals surface area contributed by atoms with Crippen LogP contribution in [0.5, 0.6) is 0 Å². The van der Waals surface area contributed by atoms with E-state index in [-0.39, 0.29) is 0 Å². The number of aryl methyl sites for hydroxylation is 1. The van der Waals surface area contributed by atoms with Crippen molar-refractivity contribution in [3.05, 3.63) is 6.33 Å². The molecule has 0 saturated carbocycles. The van der Waals surface area contributed by atoms with Crippen LogP contribution in [-0.2, 0) is 7.05 Å². The SMILES string of the molecule is CCCNC(C)CC(C)Sc1nncn1C. The van der Waals surface area contributed by atoms with Crippen molar-refractivity contribution in [1.29, 1.82) is 0 Å². The van der Waals surface area contributed by atoms with E-state index in [4.69, 9.17) is 0 Å². The average Bonchev–Trinajstić information content (AvgIpc) is 2.61. The summed E-state index contributed by atoms with van der Waals surface area (Å²) in [6.45, 7) is 7.77. The molecule has 0 radical (unpaired) electrons. The molecule has 1 heterocycles. The second kappa shape index (κ2) is 6.91. The summed E-state index contributed by atoms with van der Waals surface area (Å²) in [6.07, 6.45) is 4.08. The van der Waals surface area contributed by atoms with E-state index in [1.807, 2.05) is 11.6 Å². The highest BCUT2D eigenvalue weighted by atomic mass is 32.2. The lowest BCUT2D eigenvalue weighted by Gasteiger charge is -2.17. The Bertz CT molecular complexity index is 300. The van der Waals surface area contributed by atoms with E-state index in [1.165, 1.54) is 6.42 Å². The summed E-state index contributed by atoms with van der Waals surface area (Å²) in [5.41, 5.74) is 0. The van der Waals surface area contributed by atoms with Crippen molar-refractivity contribution in [3.63, 3.8) is 0 Å². The normalized spacial score (nSPS) is 15.0. The van der Waals surface area contributed by atoms with Gasteiger partial charge in [0.2, 0.25) is 0 Å². The van der Waals surface area contributed by atoms with E-state index in [2.05, 4.69) is 36.3 Å². The summed E-state index contributed by atoms with van der Waals surface area (Å²) in [6, 6.07) is 0.565. The van der Waals surface area contributed by atoms with Crippen LogP contribution in [-0.4, -0.2) is 32.6 Å². The largest absolute Gasteiger partial charge is 0.314 e. The van der Waals surface area contributed by atoms with Crippen molar-refractivity contribution >= 4 is 11.8 Å². The summed E-state index contributed by atoms with van der Waals surface area (Å²) < 4.78 is 1.96. The molecule has 92 valence electrons. The summed E-state index contributed by atoms with van der Waals surface area (Å²) >= 11 is 1.79. The predicted molar refractivity (Wildman–Crippen MR) is 68.7 cm³/mol. The van der Waals surface area contributed by atoms with Gasteiger partial charge in [-0.1, -0.05) is 25.6 Å². The van der Waals surface area contributed by atoms with Crippen molar-refractivity contribution in [2.24, 2.45) is 7.05 Å². The quantitative estimate of drug-likeness (QED) is 0.743. The third kappa shape index (κ3) is 4.53. The van der Waals surface area contributed by atoms with E-state index in [0.29, 0.717) is 11.3 Å². The molecular formula is C11H22N4S. The zero-order valence-electron chi connectivity index (χ0n) is 10.6. The molecule has 0 aromatic carbocycles. The summed E-state index contributed by atoms with van der Waals surface area (Å²) in [7, 11) is 1.98. The van der Waals surface area contributed by atoms with Gasteiger partial charge in [-0.2, -0.15) is 0 Å². The lowest BCUT2D eigenvalue weighted by molar-refractivity contribution is 0.512. The van der Waals surface area contributed by atoms with Crippen molar-refractivity contribution in [1.82, 2.24) is 20.1 Å². The maximum absolute atomic E-state index is 4.08. The van der Waals surface area contributed by atoms with Crippen LogP contribution >= 0.6 is 11.8 Å². The third-order valence-electron chi connectivity index (χ3n) is 2.40. The molecule has 1 aromatic heterocycles. The smallest absolute Gasteiger partial charge is 0.190 e. The van der Waals surface area contributed by atoms with Gasteiger partial charge in [0.15, 0.2) is 5.16 Å². The molecule has 0 aliphatic carbocycles. The maximum Gasteiger partial charge on any atom is 0.190 e. The predicted octanol–water partition coefficient (Wildman–Crippen LogP) is 2.07. The van der Waals surface area contributed by atoms with E-state index in [9.17, 15) is 0 Å². The zero-order chi connectivity index (χ0) is 12.0. The van der Waals surface area contributed by atoms with Gasteiger partial charge in [0.1, 0.15) is 6.33 Å².